The molecule has 0 aromatic carbocycles. The molecule has 0 fully saturated rings. The van der Waals surface area contributed by atoms with Crippen molar-refractivity contribution in [3.05, 3.63) is 0 Å². The van der Waals surface area contributed by atoms with Crippen LogP contribution in [-0.4, -0.2) is 0 Å². The third kappa shape index (κ3) is 114. The average molecular weight is 2000 g/mol. The first-order chi connectivity index (χ1) is 27.1. The van der Waals surface area contributed by atoms with Gasteiger partial charge in [-0.3, -0.25) is 65.9 Å². The first kappa shape index (κ1) is 121. The van der Waals surface area contributed by atoms with Gasteiger partial charge in [-0.05, 0) is 0 Å². The van der Waals surface area contributed by atoms with Crippen molar-refractivity contribution in [1.82, 2.24) is 0 Å². The van der Waals surface area contributed by atoms with Crippen molar-refractivity contribution in [1.29, 1.82) is 0 Å². The van der Waals surface area contributed by atoms with E-state index in [2.05, 4.69) is 43.1 Å². The summed E-state index contributed by atoms with van der Waals surface area (Å²) in [6.07, 6.45) is 0. The third-order valence-corrected chi connectivity index (χ3v) is 18.0. The van der Waals surface area contributed by atoms with Gasteiger partial charge in [0.05, 0.1) is 78.2 Å². The summed E-state index contributed by atoms with van der Waals surface area (Å²) in [6.45, 7) is 0. The Morgan fingerprint density at radius 2 is 0.187 bits per heavy atom. The molecule has 0 aliphatic rings. The quantitative estimate of drug-likeness (QED) is 0.0807. The van der Waals surface area contributed by atoms with Crippen molar-refractivity contribution >= 4 is 117 Å². The third-order valence-electron chi connectivity index (χ3n) is 2.00. The zero-order valence-electron chi connectivity index (χ0n) is 32.5. The summed E-state index contributed by atoms with van der Waals surface area (Å²) in [4.78, 5) is 243. The molecule has 0 atom stereocenters. The van der Waals surface area contributed by atoms with Crippen LogP contribution in [0.1, 0.15) is 0 Å². The van der Waals surface area contributed by atoms with E-state index in [1.165, 1.54) is 0 Å². The Balaban J connectivity index is -0.0000000447. The molecule has 0 spiro atoms. The molecular weight excluding hydrogens is 2000 g/mol. The Morgan fingerprint density at radius 1 is 0.147 bits per heavy atom. The normalized spacial score (nSPS) is 12.6. The molecule has 0 heterocycles. The van der Waals surface area contributed by atoms with Crippen LogP contribution >= 0.6 is 117 Å². The zero-order valence-corrected chi connectivity index (χ0v) is 69.9. The van der Waals surface area contributed by atoms with Crippen LogP contribution in [0.4, 0.5) is 0 Å². The minimum Gasteiger partial charge on any atom is -1.00 e. The fourth-order valence-electron chi connectivity index (χ4n) is 1.30. The molecule has 50 nitrogen and oxygen atoms in total. The molecule has 0 aromatic rings. The molecule has 440 valence electrons. The molecule has 0 amide bonds. The van der Waals surface area contributed by atoms with Crippen LogP contribution < -0.4 is 184 Å². The van der Waals surface area contributed by atoms with Gasteiger partial charge in [-0.1, -0.05) is 0 Å². The van der Waals surface area contributed by atoms with Gasteiger partial charge in [-0.25, -0.2) is 0 Å². The van der Waals surface area contributed by atoms with E-state index in [0.717, 1.165) is 0 Å². The summed E-state index contributed by atoms with van der Waals surface area (Å²) >= 11 is 0. The predicted molar refractivity (Wildman–Crippen MR) is 125 cm³/mol. The number of hydrogen-bond donors (Lipinski definition) is 0. The van der Waals surface area contributed by atoms with Gasteiger partial charge in [-0.2, -0.15) is 0 Å². The average Bonchev–Trinajstić information content (AvgIpc) is 2.68. The molecule has 0 aliphatic carbocycles. The molecule has 0 bridgehead atoms. The Kier molecular flexibility index (Phi) is 74.4. The maximum atomic E-state index is 10.1. The van der Waals surface area contributed by atoms with Gasteiger partial charge in [0.1, 0.15) is 0 Å². The van der Waals surface area contributed by atoms with E-state index >= 15 is 0 Å². The summed E-state index contributed by atoms with van der Waals surface area (Å²) in [7, 11) is -89.5. The molecule has 0 saturated heterocycles. The van der Waals surface area contributed by atoms with Crippen LogP contribution in [0.2, 0.25) is 0 Å². The topological polar surface area (TPSA) is 925 Å². The van der Waals surface area contributed by atoms with Gasteiger partial charge >= 0.3 is 136 Å². The summed E-state index contributed by atoms with van der Waals surface area (Å²) < 4.78 is 173. The maximum Gasteiger partial charge on any atom is 2.00 e. The fraction of sp³-hybridized carbons (Fsp3) is 0. The van der Waals surface area contributed by atoms with E-state index in [0.29, 0.717) is 0 Å². The Hall–Kier alpha value is 8.11. The minimum absolute atomic E-state index is 0. The van der Waals surface area contributed by atoms with E-state index < -0.39 is 117 Å². The largest absolute Gasteiger partial charge is 2.00 e. The fourth-order valence-corrected chi connectivity index (χ4v) is 13.0. The van der Waals surface area contributed by atoms with Gasteiger partial charge in [0.15, 0.2) is 0 Å². The van der Waals surface area contributed by atoms with E-state index in [9.17, 15) is 191 Å². The SMILES string of the molecule is O=P([O-])([O-])OP(=O)([O-])OP(=O)([O-])[O-].O=P([O-])([O-])OP(=O)([O-])OP(=O)([O-])[O-].O=P([O-])([O-])OP(=O)([O-])OP(=O)([O-])[O-].O=P([O-])([O-])OP(=O)([O-])OP(=O)([O-])[O-].O=P([O-])([O-])OP(=O)([O-])OP(=O)([O-])[O-].[Cd+2].[Cd+2].[Cd+2].[Cd+2].[Cd+2].[Cl-].[Cl-].[Cl-].[Cl-].[Cl-]. The number of phosphoric acid groups is 15. The second kappa shape index (κ2) is 46.2. The van der Waals surface area contributed by atoms with Gasteiger partial charge in [-0.15, -0.1) is 0 Å². The standard InChI is InChI=1S/5Cd.5ClH.5H5O10P3/c;;;;;;;;;;5*1-11(2,3)9-13(7,8)10-12(4,5)6/h;;;;;5*1H;5*(H,7,8)(H2,1,2,3)(H2,4,5,6)/q5*+2;;;;;;;;;;/p-30. The molecule has 0 unspecified atom stereocenters. The Bertz CT molecular complexity index is 1780. The van der Waals surface area contributed by atoms with Gasteiger partial charge in [0, 0.05) is 0 Å². The molecule has 75 heavy (non-hydrogen) atoms. The zero-order chi connectivity index (χ0) is 54.6. The van der Waals surface area contributed by atoms with Crippen molar-refractivity contribution in [2.75, 3.05) is 0 Å². The summed E-state index contributed by atoms with van der Waals surface area (Å²) in [5.74, 6) is 0. The smallest absolute Gasteiger partial charge is 1.00 e. The van der Waals surface area contributed by atoms with E-state index in [-0.39, 0.29) is 199 Å². The second-order valence-electron chi connectivity index (χ2n) is 7.52. The minimum atomic E-state index is -5.97. The molecular formula is Cd5Cl5O50P15-20. The molecule has 0 saturated carbocycles. The van der Waals surface area contributed by atoms with E-state index in [1.807, 2.05) is 0 Å². The van der Waals surface area contributed by atoms with E-state index in [1.54, 1.807) is 0 Å². The molecule has 75 heteroatoms. The van der Waals surface area contributed by atoms with Gasteiger partial charge < -0.3 is 230 Å². The van der Waals surface area contributed by atoms with Crippen molar-refractivity contribution in [2.45, 2.75) is 0 Å². The molecule has 0 N–H and O–H groups in total. The molecule has 0 radical (unpaired) electrons. The first-order valence-electron chi connectivity index (χ1n) is 11.0. The van der Waals surface area contributed by atoms with Gasteiger partial charge in [0.2, 0.25) is 0 Å². The molecule has 0 rings (SSSR count). The van der Waals surface area contributed by atoms with Crippen LogP contribution in [0, 0.1) is 0 Å². The number of halogens is 5. The molecule has 0 aromatic heterocycles. The second-order valence-corrected chi connectivity index (χ2v) is 27.5. The van der Waals surface area contributed by atoms with Crippen LogP contribution in [-0.2, 0) is 248 Å². The maximum absolute atomic E-state index is 10.1. The summed E-state index contributed by atoms with van der Waals surface area (Å²) in [5, 5.41) is 0. The first-order valence-corrected chi connectivity index (χ1v) is 32.9. The number of rotatable bonds is 20. The monoisotopic (exact) mass is 2010 g/mol. The van der Waals surface area contributed by atoms with E-state index in [4.69, 9.17) is 0 Å². The van der Waals surface area contributed by atoms with Crippen molar-refractivity contribution < 1.29 is 432 Å². The van der Waals surface area contributed by atoms with Crippen LogP contribution in [0.3, 0.4) is 0 Å². The summed E-state index contributed by atoms with van der Waals surface area (Å²) in [6, 6.07) is 0. The Labute approximate surface area is 543 Å². The van der Waals surface area contributed by atoms with Gasteiger partial charge in [0.25, 0.3) is 39.1 Å². The number of hydrogen-bond acceptors (Lipinski definition) is 50. The van der Waals surface area contributed by atoms with Crippen LogP contribution in [0.15, 0.2) is 0 Å². The van der Waals surface area contributed by atoms with Crippen LogP contribution in [0.25, 0.3) is 0 Å². The molecule has 0 aliphatic heterocycles. The predicted octanol–water partition coefficient (Wildman–Crippen LogP) is -34.3. The van der Waals surface area contributed by atoms with Crippen molar-refractivity contribution in [3.63, 3.8) is 0 Å². The van der Waals surface area contributed by atoms with Crippen LogP contribution in [0.5, 0.6) is 0 Å². The van der Waals surface area contributed by atoms with Crippen molar-refractivity contribution in [2.24, 2.45) is 0 Å². The van der Waals surface area contributed by atoms with Crippen molar-refractivity contribution in [3.8, 4) is 0 Å². The Morgan fingerprint density at radius 3 is 0.213 bits per heavy atom. The summed E-state index contributed by atoms with van der Waals surface area (Å²) in [5.41, 5.74) is 0.